The summed E-state index contributed by atoms with van der Waals surface area (Å²) < 4.78 is 10.6. The summed E-state index contributed by atoms with van der Waals surface area (Å²) in [7, 11) is 1.49. The van der Waals surface area contributed by atoms with Gasteiger partial charge in [0.25, 0.3) is 5.56 Å². The number of ether oxygens (including phenoxy) is 2. The van der Waals surface area contributed by atoms with E-state index in [0.717, 1.165) is 6.07 Å². The molecule has 0 bridgehead atoms. The number of hydrogen-bond donors (Lipinski definition) is 2. The molecule has 0 aliphatic heterocycles. The summed E-state index contributed by atoms with van der Waals surface area (Å²) in [5.74, 6) is -0.0836. The number of benzene rings is 1. The van der Waals surface area contributed by atoms with Crippen molar-refractivity contribution in [3.05, 3.63) is 40.3 Å². The van der Waals surface area contributed by atoms with Crippen LogP contribution in [-0.2, 0) is 0 Å². The van der Waals surface area contributed by atoms with Crippen molar-refractivity contribution in [3.8, 4) is 22.9 Å². The van der Waals surface area contributed by atoms with E-state index in [1.807, 2.05) is 6.92 Å². The van der Waals surface area contributed by atoms with Gasteiger partial charge < -0.3 is 19.6 Å². The number of aromatic amines is 1. The van der Waals surface area contributed by atoms with Crippen LogP contribution in [0.25, 0.3) is 11.4 Å². The largest absolute Gasteiger partial charge is 0.493 e. The number of nitrogens with one attached hydrogen (secondary N) is 1. The minimum atomic E-state index is -1.26. The molecule has 21 heavy (non-hydrogen) atoms. The van der Waals surface area contributed by atoms with Crippen molar-refractivity contribution in [2.75, 3.05) is 13.7 Å². The van der Waals surface area contributed by atoms with Gasteiger partial charge in [-0.15, -0.1) is 0 Å². The normalized spacial score (nSPS) is 10.2. The van der Waals surface area contributed by atoms with Gasteiger partial charge in [0, 0.05) is 11.6 Å². The molecule has 0 radical (unpaired) electrons. The predicted octanol–water partition coefficient (Wildman–Crippen LogP) is 1.54. The van der Waals surface area contributed by atoms with Crippen LogP contribution in [0.4, 0.5) is 0 Å². The van der Waals surface area contributed by atoms with E-state index >= 15 is 0 Å². The second kappa shape index (κ2) is 6.08. The lowest BCUT2D eigenvalue weighted by molar-refractivity contribution is 0.0690. The maximum atomic E-state index is 11.5. The molecule has 0 spiro atoms. The number of H-pyrrole nitrogens is 1. The fraction of sp³-hybridized carbons (Fsp3) is 0.214. The Morgan fingerprint density at radius 1 is 1.33 bits per heavy atom. The minimum absolute atomic E-state index is 0.154. The molecule has 1 heterocycles. The molecule has 7 nitrogen and oxygen atoms in total. The van der Waals surface area contributed by atoms with Crippen molar-refractivity contribution >= 4 is 5.97 Å². The Labute approximate surface area is 120 Å². The zero-order valence-electron chi connectivity index (χ0n) is 11.5. The van der Waals surface area contributed by atoms with Crippen molar-refractivity contribution in [1.82, 2.24) is 9.97 Å². The highest BCUT2D eigenvalue weighted by Gasteiger charge is 2.12. The van der Waals surface area contributed by atoms with E-state index in [1.54, 1.807) is 18.2 Å². The molecule has 1 aromatic carbocycles. The lowest BCUT2D eigenvalue weighted by Crippen LogP contribution is -2.13. The molecule has 2 rings (SSSR count). The Balaban J connectivity index is 2.51. The summed E-state index contributed by atoms with van der Waals surface area (Å²) >= 11 is 0. The minimum Gasteiger partial charge on any atom is -0.493 e. The molecule has 0 saturated carbocycles. The molecule has 0 aliphatic carbocycles. The summed E-state index contributed by atoms with van der Waals surface area (Å²) in [6.07, 6.45) is 0. The zero-order valence-corrected chi connectivity index (χ0v) is 11.5. The van der Waals surface area contributed by atoms with E-state index in [0.29, 0.717) is 23.7 Å². The van der Waals surface area contributed by atoms with Crippen LogP contribution in [0, 0.1) is 0 Å². The third-order valence-corrected chi connectivity index (χ3v) is 2.70. The first kappa shape index (κ1) is 14.6. The fourth-order valence-electron chi connectivity index (χ4n) is 1.79. The van der Waals surface area contributed by atoms with Gasteiger partial charge in [-0.2, -0.15) is 0 Å². The Hall–Kier alpha value is -2.83. The molecule has 0 atom stereocenters. The maximum Gasteiger partial charge on any atom is 0.354 e. The molecule has 0 amide bonds. The topological polar surface area (TPSA) is 102 Å². The number of nitrogens with zero attached hydrogens (tertiary/aromatic N) is 1. The molecule has 0 unspecified atom stereocenters. The second-order valence-electron chi connectivity index (χ2n) is 4.08. The number of methoxy groups -OCH3 is 1. The van der Waals surface area contributed by atoms with Gasteiger partial charge in [0.05, 0.1) is 13.7 Å². The first-order valence-electron chi connectivity index (χ1n) is 6.21. The summed E-state index contributed by atoms with van der Waals surface area (Å²) in [6.45, 7) is 2.34. The van der Waals surface area contributed by atoms with Gasteiger partial charge in [-0.1, -0.05) is 0 Å². The number of aromatic carboxylic acids is 1. The summed E-state index contributed by atoms with van der Waals surface area (Å²) in [4.78, 5) is 28.8. The number of carboxylic acids is 1. The highest BCUT2D eigenvalue weighted by atomic mass is 16.5. The maximum absolute atomic E-state index is 11.5. The lowest BCUT2D eigenvalue weighted by atomic mass is 10.2. The summed E-state index contributed by atoms with van der Waals surface area (Å²) in [5.41, 5.74) is -0.331. The quantitative estimate of drug-likeness (QED) is 0.866. The van der Waals surface area contributed by atoms with Crippen molar-refractivity contribution < 1.29 is 19.4 Å². The van der Waals surface area contributed by atoms with Gasteiger partial charge in [0.15, 0.2) is 17.2 Å². The van der Waals surface area contributed by atoms with Crippen LogP contribution in [0.15, 0.2) is 29.1 Å². The molecule has 1 aromatic heterocycles. The van der Waals surface area contributed by atoms with Gasteiger partial charge in [-0.25, -0.2) is 9.78 Å². The highest BCUT2D eigenvalue weighted by molar-refractivity contribution is 5.85. The number of aromatic nitrogens is 2. The standard InChI is InChI=1S/C14H14N2O5/c1-3-21-10-5-4-8(6-11(10)20-2)13-15-9(14(18)19)7-12(17)16-13/h4-7H,3H2,1-2H3,(H,18,19)(H,15,16,17). The molecular weight excluding hydrogens is 276 g/mol. The Morgan fingerprint density at radius 3 is 2.71 bits per heavy atom. The highest BCUT2D eigenvalue weighted by Crippen LogP contribution is 2.31. The fourth-order valence-corrected chi connectivity index (χ4v) is 1.79. The van der Waals surface area contributed by atoms with E-state index in [4.69, 9.17) is 14.6 Å². The van der Waals surface area contributed by atoms with Gasteiger partial charge >= 0.3 is 5.97 Å². The Kier molecular flexibility index (Phi) is 4.22. The van der Waals surface area contributed by atoms with Crippen LogP contribution in [0.1, 0.15) is 17.4 Å². The molecule has 2 N–H and O–H groups in total. The van der Waals surface area contributed by atoms with Gasteiger partial charge in [-0.05, 0) is 25.1 Å². The smallest absolute Gasteiger partial charge is 0.354 e. The average molecular weight is 290 g/mol. The molecule has 110 valence electrons. The van der Waals surface area contributed by atoms with Crippen LogP contribution in [0.2, 0.25) is 0 Å². The predicted molar refractivity (Wildman–Crippen MR) is 75.0 cm³/mol. The molecule has 7 heteroatoms. The Morgan fingerprint density at radius 2 is 2.10 bits per heavy atom. The number of carbonyl (C=O) groups is 1. The summed E-state index contributed by atoms with van der Waals surface area (Å²) in [5, 5.41) is 8.94. The SMILES string of the molecule is CCOc1ccc(-c2nc(C(=O)O)cc(=O)[nH]2)cc1OC. The van der Waals surface area contributed by atoms with Crippen molar-refractivity contribution in [1.29, 1.82) is 0 Å². The van der Waals surface area contributed by atoms with E-state index in [1.165, 1.54) is 7.11 Å². The summed E-state index contributed by atoms with van der Waals surface area (Å²) in [6, 6.07) is 5.88. The van der Waals surface area contributed by atoms with Crippen LogP contribution in [0.5, 0.6) is 11.5 Å². The molecule has 2 aromatic rings. The molecule has 0 aliphatic rings. The number of hydrogen-bond acceptors (Lipinski definition) is 5. The van der Waals surface area contributed by atoms with E-state index in [2.05, 4.69) is 9.97 Å². The third kappa shape index (κ3) is 3.19. The molecule has 0 saturated heterocycles. The number of rotatable bonds is 5. The van der Waals surface area contributed by atoms with Crippen LogP contribution in [-0.4, -0.2) is 34.8 Å². The van der Waals surface area contributed by atoms with Gasteiger partial charge in [0.2, 0.25) is 0 Å². The van der Waals surface area contributed by atoms with Crippen molar-refractivity contribution in [3.63, 3.8) is 0 Å². The number of carboxylic acid groups (broad SMARTS) is 1. The van der Waals surface area contributed by atoms with E-state index in [-0.39, 0.29) is 11.5 Å². The zero-order chi connectivity index (χ0) is 15.4. The first-order chi connectivity index (χ1) is 10.0. The Bertz CT molecular complexity index is 724. The second-order valence-corrected chi connectivity index (χ2v) is 4.08. The molecular formula is C14H14N2O5. The first-order valence-corrected chi connectivity index (χ1v) is 6.21. The van der Waals surface area contributed by atoms with Crippen molar-refractivity contribution in [2.45, 2.75) is 6.92 Å². The monoisotopic (exact) mass is 290 g/mol. The van der Waals surface area contributed by atoms with E-state index < -0.39 is 11.5 Å². The van der Waals surface area contributed by atoms with Crippen LogP contribution in [0.3, 0.4) is 0 Å². The van der Waals surface area contributed by atoms with Crippen LogP contribution < -0.4 is 15.0 Å². The molecule has 0 fully saturated rings. The average Bonchev–Trinajstić information content (AvgIpc) is 2.47. The van der Waals surface area contributed by atoms with Crippen molar-refractivity contribution in [2.24, 2.45) is 0 Å². The lowest BCUT2D eigenvalue weighted by Gasteiger charge is -2.10. The van der Waals surface area contributed by atoms with E-state index in [9.17, 15) is 9.59 Å². The van der Waals surface area contributed by atoms with Gasteiger partial charge in [0.1, 0.15) is 5.82 Å². The van der Waals surface area contributed by atoms with Gasteiger partial charge in [-0.3, -0.25) is 4.79 Å². The third-order valence-electron chi connectivity index (χ3n) is 2.70. The van der Waals surface area contributed by atoms with Crippen LogP contribution >= 0.6 is 0 Å².